The summed E-state index contributed by atoms with van der Waals surface area (Å²) in [4.78, 5) is 21.4. The number of amides is 3. The van der Waals surface area contributed by atoms with E-state index in [1.165, 1.54) is 0 Å². The van der Waals surface area contributed by atoms with Crippen LogP contribution in [0.1, 0.15) is 5.56 Å². The van der Waals surface area contributed by atoms with Crippen molar-refractivity contribution in [1.82, 2.24) is 5.32 Å². The van der Waals surface area contributed by atoms with Crippen LogP contribution in [0.15, 0.2) is 18.2 Å². The maximum absolute atomic E-state index is 11.1. The summed E-state index contributed by atoms with van der Waals surface area (Å²) in [5.41, 5.74) is 5.61. The highest BCUT2D eigenvalue weighted by molar-refractivity contribution is 6.30. The molecular weight excluding hydrogens is 232 g/mol. The van der Waals surface area contributed by atoms with Crippen molar-refractivity contribution in [2.75, 3.05) is 6.61 Å². The Hall–Kier alpha value is -1.75. The summed E-state index contributed by atoms with van der Waals surface area (Å²) in [6.45, 7) is 1.53. The molecule has 0 spiro atoms. The Balaban J connectivity index is 2.57. The Morgan fingerprint density at radius 3 is 2.81 bits per heavy atom. The highest BCUT2D eigenvalue weighted by atomic mass is 35.5. The van der Waals surface area contributed by atoms with Crippen molar-refractivity contribution in [1.29, 1.82) is 0 Å². The number of primary amides is 1. The summed E-state index contributed by atoms with van der Waals surface area (Å²) in [7, 11) is 0. The van der Waals surface area contributed by atoms with Gasteiger partial charge in [-0.2, -0.15) is 0 Å². The normalized spacial score (nSPS) is 9.62. The second kappa shape index (κ2) is 5.37. The van der Waals surface area contributed by atoms with Gasteiger partial charge in [-0.25, -0.2) is 4.79 Å². The number of carbonyl (C=O) groups is 2. The van der Waals surface area contributed by atoms with Crippen LogP contribution in [0.2, 0.25) is 5.02 Å². The molecule has 3 N–H and O–H groups in total. The van der Waals surface area contributed by atoms with Gasteiger partial charge in [0, 0.05) is 5.02 Å². The molecule has 1 aromatic carbocycles. The fourth-order valence-corrected chi connectivity index (χ4v) is 1.21. The molecule has 1 rings (SSSR count). The van der Waals surface area contributed by atoms with Crippen molar-refractivity contribution in [2.24, 2.45) is 5.73 Å². The molecule has 3 amide bonds. The first kappa shape index (κ1) is 12.3. The molecule has 0 fully saturated rings. The van der Waals surface area contributed by atoms with Crippen LogP contribution < -0.4 is 15.8 Å². The van der Waals surface area contributed by atoms with Crippen molar-refractivity contribution in [2.45, 2.75) is 6.92 Å². The van der Waals surface area contributed by atoms with E-state index >= 15 is 0 Å². The number of carbonyl (C=O) groups excluding carboxylic acids is 2. The molecule has 6 heteroatoms. The van der Waals surface area contributed by atoms with E-state index in [1.54, 1.807) is 18.2 Å². The number of urea groups is 1. The van der Waals surface area contributed by atoms with Gasteiger partial charge in [0.2, 0.25) is 0 Å². The highest BCUT2D eigenvalue weighted by Crippen LogP contribution is 2.22. The Morgan fingerprint density at radius 2 is 2.19 bits per heavy atom. The molecule has 0 aromatic heterocycles. The van der Waals surface area contributed by atoms with Crippen LogP contribution in [0, 0.1) is 6.92 Å². The van der Waals surface area contributed by atoms with Gasteiger partial charge >= 0.3 is 6.03 Å². The molecule has 0 radical (unpaired) electrons. The van der Waals surface area contributed by atoms with E-state index in [0.717, 1.165) is 5.56 Å². The molecule has 86 valence electrons. The van der Waals surface area contributed by atoms with Gasteiger partial charge in [-0.1, -0.05) is 17.7 Å². The van der Waals surface area contributed by atoms with Crippen molar-refractivity contribution in [3.63, 3.8) is 0 Å². The predicted octanol–water partition coefficient (Wildman–Crippen LogP) is 1.22. The van der Waals surface area contributed by atoms with E-state index in [4.69, 9.17) is 22.1 Å². The van der Waals surface area contributed by atoms with E-state index in [2.05, 4.69) is 0 Å². The lowest BCUT2D eigenvalue weighted by atomic mass is 10.2. The smallest absolute Gasteiger partial charge is 0.318 e. The first-order valence-electron chi connectivity index (χ1n) is 4.47. The van der Waals surface area contributed by atoms with Crippen LogP contribution in [0.25, 0.3) is 0 Å². The summed E-state index contributed by atoms with van der Waals surface area (Å²) in [6, 6.07) is 4.17. The first-order chi connectivity index (χ1) is 7.49. The fraction of sp³-hybridized carbons (Fsp3) is 0.200. The fourth-order valence-electron chi connectivity index (χ4n) is 1.05. The number of aryl methyl sites for hydroxylation is 1. The number of benzene rings is 1. The van der Waals surface area contributed by atoms with Gasteiger partial charge in [0.05, 0.1) is 0 Å². The highest BCUT2D eigenvalue weighted by Gasteiger charge is 2.06. The quantitative estimate of drug-likeness (QED) is 0.836. The average Bonchev–Trinajstić information content (AvgIpc) is 2.18. The van der Waals surface area contributed by atoms with Gasteiger partial charge in [-0.15, -0.1) is 0 Å². The number of hydrogen-bond acceptors (Lipinski definition) is 3. The lowest BCUT2D eigenvalue weighted by Crippen LogP contribution is -2.38. The van der Waals surface area contributed by atoms with Crippen LogP contribution in [-0.2, 0) is 4.79 Å². The lowest BCUT2D eigenvalue weighted by Gasteiger charge is -2.08. The van der Waals surface area contributed by atoms with Gasteiger partial charge in [-0.05, 0) is 24.6 Å². The SMILES string of the molecule is Cc1ccc(Cl)cc1OCC(=O)NC(N)=O. The molecule has 0 aliphatic carbocycles. The number of ether oxygens (including phenoxy) is 1. The topological polar surface area (TPSA) is 81.4 Å². The zero-order valence-corrected chi connectivity index (χ0v) is 9.38. The largest absolute Gasteiger partial charge is 0.483 e. The first-order valence-corrected chi connectivity index (χ1v) is 4.85. The third-order valence-electron chi connectivity index (χ3n) is 1.77. The van der Waals surface area contributed by atoms with Gasteiger partial charge in [-0.3, -0.25) is 10.1 Å². The minimum absolute atomic E-state index is 0.288. The molecule has 0 aliphatic heterocycles. The zero-order chi connectivity index (χ0) is 12.1. The van der Waals surface area contributed by atoms with E-state index < -0.39 is 11.9 Å². The number of rotatable bonds is 3. The third kappa shape index (κ3) is 3.78. The standard InChI is InChI=1S/C10H11ClN2O3/c1-6-2-3-7(11)4-8(6)16-5-9(14)13-10(12)15/h2-4H,5H2,1H3,(H3,12,13,14,15). The Morgan fingerprint density at radius 1 is 1.50 bits per heavy atom. The molecule has 0 unspecified atom stereocenters. The van der Waals surface area contributed by atoms with Crippen molar-refractivity contribution < 1.29 is 14.3 Å². The minimum atomic E-state index is -0.906. The number of halogens is 1. The van der Waals surface area contributed by atoms with Gasteiger partial charge in [0.25, 0.3) is 5.91 Å². The molecule has 0 aliphatic rings. The molecule has 0 saturated carbocycles. The molecule has 0 atom stereocenters. The maximum Gasteiger partial charge on any atom is 0.318 e. The minimum Gasteiger partial charge on any atom is -0.483 e. The number of hydrogen-bond donors (Lipinski definition) is 2. The maximum atomic E-state index is 11.1. The van der Waals surface area contributed by atoms with E-state index in [-0.39, 0.29) is 6.61 Å². The van der Waals surface area contributed by atoms with Crippen LogP contribution in [0.4, 0.5) is 4.79 Å². The van der Waals surface area contributed by atoms with Crippen molar-refractivity contribution >= 4 is 23.5 Å². The van der Waals surface area contributed by atoms with E-state index in [0.29, 0.717) is 10.8 Å². The van der Waals surface area contributed by atoms with Crippen molar-refractivity contribution in [3.05, 3.63) is 28.8 Å². The van der Waals surface area contributed by atoms with Crippen LogP contribution in [0.5, 0.6) is 5.75 Å². The van der Waals surface area contributed by atoms with Crippen LogP contribution >= 0.6 is 11.6 Å². The second-order valence-electron chi connectivity index (χ2n) is 3.11. The molecule has 0 bridgehead atoms. The Kier molecular flexibility index (Phi) is 4.13. The molecule has 0 saturated heterocycles. The van der Waals surface area contributed by atoms with Gasteiger partial charge in [0.15, 0.2) is 6.61 Å². The molecule has 1 aromatic rings. The van der Waals surface area contributed by atoms with Crippen LogP contribution in [0.3, 0.4) is 0 Å². The third-order valence-corrected chi connectivity index (χ3v) is 2.01. The Bertz CT molecular complexity index is 421. The molecule has 16 heavy (non-hydrogen) atoms. The van der Waals surface area contributed by atoms with E-state index in [1.807, 2.05) is 12.2 Å². The number of nitrogens with two attached hydrogens (primary N) is 1. The molecule has 0 heterocycles. The molecular formula is C10H11ClN2O3. The van der Waals surface area contributed by atoms with Gasteiger partial charge < -0.3 is 10.5 Å². The summed E-state index contributed by atoms with van der Waals surface area (Å²) in [5.74, 6) is -0.112. The van der Waals surface area contributed by atoms with E-state index in [9.17, 15) is 9.59 Å². The number of imide groups is 1. The zero-order valence-electron chi connectivity index (χ0n) is 8.62. The monoisotopic (exact) mass is 242 g/mol. The lowest BCUT2D eigenvalue weighted by molar-refractivity contribution is -0.121. The van der Waals surface area contributed by atoms with Crippen molar-refractivity contribution in [3.8, 4) is 5.75 Å². The summed E-state index contributed by atoms with van der Waals surface area (Å²) >= 11 is 5.76. The summed E-state index contributed by atoms with van der Waals surface area (Å²) < 4.78 is 5.18. The predicted molar refractivity (Wildman–Crippen MR) is 59.4 cm³/mol. The number of nitrogens with one attached hydrogen (secondary N) is 1. The summed E-state index contributed by atoms with van der Waals surface area (Å²) in [5, 5.41) is 2.40. The van der Waals surface area contributed by atoms with Crippen LogP contribution in [-0.4, -0.2) is 18.5 Å². The average molecular weight is 243 g/mol. The second-order valence-corrected chi connectivity index (χ2v) is 3.55. The summed E-state index contributed by atoms with van der Waals surface area (Å²) in [6.07, 6.45) is 0. The molecule has 5 nitrogen and oxygen atoms in total. The Labute approximate surface area is 97.5 Å². The van der Waals surface area contributed by atoms with Gasteiger partial charge in [0.1, 0.15) is 5.75 Å².